The van der Waals surface area contributed by atoms with Crippen molar-refractivity contribution in [2.75, 3.05) is 17.7 Å². The summed E-state index contributed by atoms with van der Waals surface area (Å²) in [5.41, 5.74) is 4.34. The number of rotatable bonds is 4. The average Bonchev–Trinajstić information content (AvgIpc) is 2.28. The summed E-state index contributed by atoms with van der Waals surface area (Å²) in [6, 6.07) is 2.81. The van der Waals surface area contributed by atoms with Crippen molar-refractivity contribution in [3.63, 3.8) is 0 Å². The smallest absolute Gasteiger partial charge is 0.397 e. The molecular formula is C14H19F3N2O2. The van der Waals surface area contributed by atoms with Crippen molar-refractivity contribution < 1.29 is 22.7 Å². The van der Waals surface area contributed by atoms with E-state index in [0.717, 1.165) is 18.2 Å². The second-order valence-electron chi connectivity index (χ2n) is 5.56. The zero-order chi connectivity index (χ0) is 16.3. The molecule has 0 aliphatic rings. The molecule has 0 aliphatic carbocycles. The molecule has 0 fully saturated rings. The second-order valence-corrected chi connectivity index (χ2v) is 5.56. The minimum absolute atomic E-state index is 0.0950. The lowest BCUT2D eigenvalue weighted by Crippen LogP contribution is -2.23. The normalized spacial score (nSPS) is 12.3. The third kappa shape index (κ3) is 6.03. The zero-order valence-corrected chi connectivity index (χ0v) is 12.2. The molecule has 3 N–H and O–H groups in total. The number of benzene rings is 1. The van der Waals surface area contributed by atoms with Gasteiger partial charge in [0.1, 0.15) is 0 Å². The van der Waals surface area contributed by atoms with Crippen molar-refractivity contribution in [1.29, 1.82) is 0 Å². The second kappa shape index (κ2) is 6.34. The molecule has 0 saturated carbocycles. The van der Waals surface area contributed by atoms with E-state index in [-0.39, 0.29) is 35.9 Å². The lowest BCUT2D eigenvalue weighted by atomic mass is 10.1. The Bertz CT molecular complexity index is 508. The highest BCUT2D eigenvalue weighted by molar-refractivity contribution is 5.93. The molecule has 1 aromatic rings. The Hall–Kier alpha value is -1.76. The highest BCUT2D eigenvalue weighted by Crippen LogP contribution is 2.32. The van der Waals surface area contributed by atoms with Crippen LogP contribution in [0, 0.1) is 0 Å². The number of halogens is 3. The third-order valence-corrected chi connectivity index (χ3v) is 2.52. The molecule has 0 radical (unpaired) electrons. The maximum absolute atomic E-state index is 12.5. The van der Waals surface area contributed by atoms with Crippen LogP contribution in [0.1, 0.15) is 32.8 Å². The number of nitrogens with two attached hydrogens (primary N) is 1. The lowest BCUT2D eigenvalue weighted by Gasteiger charge is -2.19. The highest BCUT2D eigenvalue weighted by atomic mass is 19.4. The van der Waals surface area contributed by atoms with Gasteiger partial charge in [0.2, 0.25) is 5.91 Å². The van der Waals surface area contributed by atoms with E-state index < -0.39 is 11.7 Å². The Balaban J connectivity index is 2.61. The summed E-state index contributed by atoms with van der Waals surface area (Å²) in [7, 11) is 0. The predicted octanol–water partition coefficient (Wildman–Crippen LogP) is 3.43. The summed E-state index contributed by atoms with van der Waals surface area (Å²) in [5, 5.41) is 2.46. The van der Waals surface area contributed by atoms with Crippen LogP contribution in [0.25, 0.3) is 0 Å². The van der Waals surface area contributed by atoms with Gasteiger partial charge >= 0.3 is 6.18 Å². The molecule has 0 atom stereocenters. The topological polar surface area (TPSA) is 64.3 Å². The van der Waals surface area contributed by atoms with Gasteiger partial charge < -0.3 is 15.8 Å². The quantitative estimate of drug-likeness (QED) is 0.838. The first-order valence-corrected chi connectivity index (χ1v) is 6.39. The largest absolute Gasteiger partial charge is 0.416 e. The van der Waals surface area contributed by atoms with Gasteiger partial charge in [-0.2, -0.15) is 13.2 Å². The summed E-state index contributed by atoms with van der Waals surface area (Å²) in [6.07, 6.45) is -4.37. The van der Waals surface area contributed by atoms with E-state index in [1.54, 1.807) is 0 Å². The number of hydrogen-bond donors (Lipinski definition) is 2. The Morgan fingerprint density at radius 3 is 2.38 bits per heavy atom. The van der Waals surface area contributed by atoms with Crippen molar-refractivity contribution in [2.45, 2.75) is 39.0 Å². The lowest BCUT2D eigenvalue weighted by molar-refractivity contribution is -0.137. The van der Waals surface area contributed by atoms with Gasteiger partial charge in [-0.15, -0.1) is 0 Å². The molecule has 4 nitrogen and oxygen atoms in total. The fourth-order valence-electron chi connectivity index (χ4n) is 1.52. The molecule has 1 amide bonds. The van der Waals surface area contributed by atoms with Gasteiger partial charge in [-0.05, 0) is 39.0 Å². The molecule has 0 saturated heterocycles. The van der Waals surface area contributed by atoms with Crippen molar-refractivity contribution >= 4 is 17.3 Å². The van der Waals surface area contributed by atoms with Crippen LogP contribution < -0.4 is 11.1 Å². The van der Waals surface area contributed by atoms with E-state index in [1.165, 1.54) is 0 Å². The van der Waals surface area contributed by atoms with Crippen molar-refractivity contribution in [1.82, 2.24) is 0 Å². The number of amides is 1. The van der Waals surface area contributed by atoms with Gasteiger partial charge in [0.25, 0.3) is 0 Å². The zero-order valence-electron chi connectivity index (χ0n) is 12.2. The SMILES string of the molecule is CC(C)(C)OCCC(=O)Nc1ccc(C(F)(F)F)cc1N. The van der Waals surface area contributed by atoms with Crippen LogP contribution in [-0.4, -0.2) is 18.1 Å². The maximum Gasteiger partial charge on any atom is 0.416 e. The van der Waals surface area contributed by atoms with E-state index in [0.29, 0.717) is 0 Å². The number of anilines is 2. The standard InChI is InChI=1S/C14H19F3N2O2/c1-13(2,3)21-7-6-12(20)19-11-5-4-9(8-10(11)18)14(15,16)17/h4-5,8H,6-7,18H2,1-3H3,(H,19,20). The van der Waals surface area contributed by atoms with E-state index in [1.807, 2.05) is 20.8 Å². The van der Waals surface area contributed by atoms with Crippen molar-refractivity contribution in [3.05, 3.63) is 23.8 Å². The summed E-state index contributed by atoms with van der Waals surface area (Å²) < 4.78 is 42.8. The van der Waals surface area contributed by atoms with Gasteiger partial charge in [-0.25, -0.2) is 0 Å². The fraction of sp³-hybridized carbons (Fsp3) is 0.500. The van der Waals surface area contributed by atoms with Crippen molar-refractivity contribution in [2.24, 2.45) is 0 Å². The van der Waals surface area contributed by atoms with Gasteiger partial charge in [0.15, 0.2) is 0 Å². The van der Waals surface area contributed by atoms with E-state index in [9.17, 15) is 18.0 Å². The van der Waals surface area contributed by atoms with E-state index in [2.05, 4.69) is 5.32 Å². The van der Waals surface area contributed by atoms with Crippen molar-refractivity contribution in [3.8, 4) is 0 Å². The molecule has 118 valence electrons. The Morgan fingerprint density at radius 1 is 1.29 bits per heavy atom. The number of nitrogen functional groups attached to an aromatic ring is 1. The minimum Gasteiger partial charge on any atom is -0.397 e. The summed E-state index contributed by atoms with van der Waals surface area (Å²) >= 11 is 0. The highest BCUT2D eigenvalue weighted by Gasteiger charge is 2.30. The summed E-state index contributed by atoms with van der Waals surface area (Å²) in [4.78, 5) is 11.7. The summed E-state index contributed by atoms with van der Waals surface area (Å²) in [6.45, 7) is 5.80. The number of carbonyl (C=O) groups excluding carboxylic acids is 1. The van der Waals surface area contributed by atoms with Crippen LogP contribution in [0.3, 0.4) is 0 Å². The van der Waals surface area contributed by atoms with Crippen LogP contribution in [0.5, 0.6) is 0 Å². The molecule has 21 heavy (non-hydrogen) atoms. The van der Waals surface area contributed by atoms with E-state index in [4.69, 9.17) is 10.5 Å². The first kappa shape index (κ1) is 17.3. The van der Waals surface area contributed by atoms with Gasteiger partial charge in [0, 0.05) is 0 Å². The molecular weight excluding hydrogens is 285 g/mol. The van der Waals surface area contributed by atoms with Crippen LogP contribution >= 0.6 is 0 Å². The van der Waals surface area contributed by atoms with Crippen LogP contribution in [0.4, 0.5) is 24.5 Å². The monoisotopic (exact) mass is 304 g/mol. The van der Waals surface area contributed by atoms with E-state index >= 15 is 0 Å². The fourth-order valence-corrected chi connectivity index (χ4v) is 1.52. The van der Waals surface area contributed by atoms with Gasteiger partial charge in [0.05, 0.1) is 35.6 Å². The Kier molecular flexibility index (Phi) is 5.22. The first-order chi connectivity index (χ1) is 9.49. The predicted molar refractivity (Wildman–Crippen MR) is 74.8 cm³/mol. The molecule has 0 heterocycles. The number of carbonyl (C=O) groups is 1. The maximum atomic E-state index is 12.5. The van der Waals surface area contributed by atoms with Crippen LogP contribution in [0.15, 0.2) is 18.2 Å². The molecule has 1 aromatic carbocycles. The van der Waals surface area contributed by atoms with Gasteiger partial charge in [-0.1, -0.05) is 0 Å². The molecule has 0 spiro atoms. The molecule has 1 rings (SSSR count). The number of alkyl halides is 3. The van der Waals surface area contributed by atoms with Crippen LogP contribution in [-0.2, 0) is 15.7 Å². The van der Waals surface area contributed by atoms with Crippen LogP contribution in [0.2, 0.25) is 0 Å². The minimum atomic E-state index is -4.46. The molecule has 0 unspecified atom stereocenters. The Labute approximate surface area is 121 Å². The Morgan fingerprint density at radius 2 is 1.90 bits per heavy atom. The molecule has 0 aliphatic heterocycles. The third-order valence-electron chi connectivity index (χ3n) is 2.52. The average molecular weight is 304 g/mol. The number of ether oxygens (including phenoxy) is 1. The molecule has 7 heteroatoms. The summed E-state index contributed by atoms with van der Waals surface area (Å²) in [5.74, 6) is -0.370. The van der Waals surface area contributed by atoms with Gasteiger partial charge in [-0.3, -0.25) is 4.79 Å². The molecule has 0 bridgehead atoms. The number of nitrogens with one attached hydrogen (secondary N) is 1. The first-order valence-electron chi connectivity index (χ1n) is 6.39. The number of hydrogen-bond acceptors (Lipinski definition) is 3. The molecule has 0 aromatic heterocycles.